The highest BCUT2D eigenvalue weighted by molar-refractivity contribution is 5.81. The van der Waals surface area contributed by atoms with Gasteiger partial charge in [0.25, 0.3) is 5.91 Å². The minimum absolute atomic E-state index is 0.347. The Labute approximate surface area is 127 Å². The normalized spacial score (nSPS) is 17.7. The molecule has 0 aliphatic rings. The predicted molar refractivity (Wildman–Crippen MR) is 77.5 cm³/mol. The Balaban J connectivity index is 3.82. The Bertz CT molecular complexity index is 295. The first-order valence-electron chi connectivity index (χ1n) is 8.06. The molecule has 0 heterocycles. The number of aliphatic hydroxyl groups is 5. The van der Waals surface area contributed by atoms with E-state index in [9.17, 15) is 20.1 Å². The maximum atomic E-state index is 11.6. The molecule has 4 atom stereocenters. The zero-order valence-electron chi connectivity index (χ0n) is 13.3. The SMILES string of the molecule is [2H]CCCCCCCCNC(=O)[C@H](O)[C@@H](O)[C@@H](O)[C@H](O)CO. The number of carbonyl (C=O) groups excluding carboxylic acids is 1. The van der Waals surface area contributed by atoms with E-state index in [1.54, 1.807) is 0 Å². The highest BCUT2D eigenvalue weighted by Gasteiger charge is 2.33. The average molecular weight is 308 g/mol. The molecule has 126 valence electrons. The molecule has 7 nitrogen and oxygen atoms in total. The van der Waals surface area contributed by atoms with E-state index in [2.05, 4.69) is 5.32 Å². The van der Waals surface area contributed by atoms with Crippen molar-refractivity contribution in [3.8, 4) is 0 Å². The molecular formula is C14H29NO6. The van der Waals surface area contributed by atoms with Crippen LogP contribution in [0.2, 0.25) is 0 Å². The highest BCUT2D eigenvalue weighted by atomic mass is 16.4. The van der Waals surface area contributed by atoms with E-state index in [0.717, 1.165) is 38.5 Å². The summed E-state index contributed by atoms with van der Waals surface area (Å²) in [7, 11) is 0. The first-order valence-corrected chi connectivity index (χ1v) is 7.35. The quantitative estimate of drug-likeness (QED) is 0.254. The zero-order chi connectivity index (χ0) is 17.0. The number of amides is 1. The second-order valence-electron chi connectivity index (χ2n) is 5.09. The standard InChI is InChI=1S/C14H29NO6/c1-2-3-4-5-6-7-8-15-14(21)13(20)12(19)11(18)10(17)9-16/h10-13,16-20H,2-9H2,1H3,(H,15,21)/t10-,11+,12+,13-/m1/s1/i1D. The van der Waals surface area contributed by atoms with Crippen molar-refractivity contribution >= 4 is 5.91 Å². The molecule has 0 aromatic heterocycles. The Hall–Kier alpha value is -0.730. The monoisotopic (exact) mass is 308 g/mol. The van der Waals surface area contributed by atoms with Crippen LogP contribution in [0, 0.1) is 0 Å². The molecule has 0 aromatic carbocycles. The van der Waals surface area contributed by atoms with Gasteiger partial charge in [0.15, 0.2) is 6.10 Å². The van der Waals surface area contributed by atoms with Crippen LogP contribution in [0.4, 0.5) is 0 Å². The van der Waals surface area contributed by atoms with Crippen LogP contribution in [-0.2, 0) is 4.79 Å². The van der Waals surface area contributed by atoms with Gasteiger partial charge in [-0.15, -0.1) is 0 Å². The second-order valence-corrected chi connectivity index (χ2v) is 5.09. The van der Waals surface area contributed by atoms with E-state index >= 15 is 0 Å². The van der Waals surface area contributed by atoms with Crippen LogP contribution in [-0.4, -0.2) is 69.0 Å². The predicted octanol–water partition coefficient (Wildman–Crippen LogP) is -1.10. The van der Waals surface area contributed by atoms with Crippen LogP contribution < -0.4 is 5.32 Å². The van der Waals surface area contributed by atoms with Crippen LogP contribution in [0.25, 0.3) is 0 Å². The van der Waals surface area contributed by atoms with Crippen molar-refractivity contribution in [2.75, 3.05) is 13.2 Å². The fraction of sp³-hybridized carbons (Fsp3) is 0.929. The van der Waals surface area contributed by atoms with Gasteiger partial charge in [0.2, 0.25) is 0 Å². The van der Waals surface area contributed by atoms with Gasteiger partial charge in [0, 0.05) is 7.92 Å². The number of unbranched alkanes of at least 4 members (excludes halogenated alkanes) is 5. The smallest absolute Gasteiger partial charge is 0.251 e. The summed E-state index contributed by atoms with van der Waals surface area (Å²) >= 11 is 0. The summed E-state index contributed by atoms with van der Waals surface area (Å²) in [6, 6.07) is 0. The van der Waals surface area contributed by atoms with Gasteiger partial charge in [-0.05, 0) is 6.42 Å². The third-order valence-corrected chi connectivity index (χ3v) is 3.25. The van der Waals surface area contributed by atoms with E-state index in [4.69, 9.17) is 11.6 Å². The summed E-state index contributed by atoms with van der Waals surface area (Å²) in [5.41, 5.74) is 0. The Morgan fingerprint density at radius 3 is 2.29 bits per heavy atom. The van der Waals surface area contributed by atoms with Crippen LogP contribution in [0.15, 0.2) is 0 Å². The van der Waals surface area contributed by atoms with Crippen molar-refractivity contribution < 1.29 is 31.7 Å². The number of nitrogens with one attached hydrogen (secondary N) is 1. The van der Waals surface area contributed by atoms with Gasteiger partial charge in [-0.1, -0.05) is 39.0 Å². The van der Waals surface area contributed by atoms with Crippen molar-refractivity contribution in [1.29, 1.82) is 0 Å². The number of carbonyl (C=O) groups is 1. The van der Waals surface area contributed by atoms with Gasteiger partial charge in [-0.25, -0.2) is 0 Å². The summed E-state index contributed by atoms with van der Waals surface area (Å²) in [5, 5.41) is 48.7. The number of rotatable bonds is 12. The maximum Gasteiger partial charge on any atom is 0.251 e. The molecule has 0 rings (SSSR count). The van der Waals surface area contributed by atoms with Gasteiger partial charge < -0.3 is 30.8 Å². The van der Waals surface area contributed by atoms with E-state index < -0.39 is 36.9 Å². The topological polar surface area (TPSA) is 130 Å². The van der Waals surface area contributed by atoms with Crippen LogP contribution in [0.1, 0.15) is 46.8 Å². The fourth-order valence-corrected chi connectivity index (χ4v) is 1.83. The minimum Gasteiger partial charge on any atom is -0.394 e. The largest absolute Gasteiger partial charge is 0.394 e. The lowest BCUT2D eigenvalue weighted by atomic mass is 10.0. The highest BCUT2D eigenvalue weighted by Crippen LogP contribution is 2.06. The van der Waals surface area contributed by atoms with E-state index in [1.165, 1.54) is 0 Å². The van der Waals surface area contributed by atoms with Crippen molar-refractivity contribution in [1.82, 2.24) is 5.32 Å². The van der Waals surface area contributed by atoms with Gasteiger partial charge in [-0.2, -0.15) is 0 Å². The molecule has 0 saturated heterocycles. The summed E-state index contributed by atoms with van der Waals surface area (Å²) in [6.07, 6.45) is -1.50. The maximum absolute atomic E-state index is 11.6. The molecule has 0 saturated carbocycles. The van der Waals surface area contributed by atoms with E-state index in [-0.39, 0.29) is 0 Å². The fourth-order valence-electron chi connectivity index (χ4n) is 1.83. The van der Waals surface area contributed by atoms with E-state index in [0.29, 0.717) is 13.4 Å². The molecule has 0 fully saturated rings. The molecule has 0 radical (unpaired) electrons. The molecule has 0 aliphatic carbocycles. The molecule has 0 unspecified atom stereocenters. The molecule has 0 aromatic rings. The molecular weight excluding hydrogens is 278 g/mol. The Kier molecular flexibility index (Phi) is 10.4. The molecule has 7 heteroatoms. The lowest BCUT2D eigenvalue weighted by Gasteiger charge is -2.24. The first-order chi connectivity index (χ1) is 10.5. The van der Waals surface area contributed by atoms with Gasteiger partial charge in [-0.3, -0.25) is 4.79 Å². The third-order valence-electron chi connectivity index (χ3n) is 3.25. The number of hydrogen-bond donors (Lipinski definition) is 6. The third kappa shape index (κ3) is 8.33. The van der Waals surface area contributed by atoms with Crippen LogP contribution in [0.3, 0.4) is 0 Å². The zero-order valence-corrected chi connectivity index (χ0v) is 12.3. The Morgan fingerprint density at radius 1 is 1.05 bits per heavy atom. The van der Waals surface area contributed by atoms with Crippen molar-refractivity contribution in [3.05, 3.63) is 0 Å². The number of hydrogen-bond acceptors (Lipinski definition) is 6. The molecule has 21 heavy (non-hydrogen) atoms. The minimum atomic E-state index is -1.87. The number of aliphatic hydroxyl groups excluding tert-OH is 5. The van der Waals surface area contributed by atoms with Gasteiger partial charge in [0.1, 0.15) is 18.3 Å². The molecule has 0 spiro atoms. The first kappa shape index (κ1) is 18.3. The summed E-state index contributed by atoms with van der Waals surface area (Å²) in [6.45, 7) is 0.0135. The average Bonchev–Trinajstić information content (AvgIpc) is 2.54. The Morgan fingerprint density at radius 2 is 1.67 bits per heavy atom. The molecule has 6 N–H and O–H groups in total. The molecule has 0 bridgehead atoms. The lowest BCUT2D eigenvalue weighted by molar-refractivity contribution is -0.148. The van der Waals surface area contributed by atoms with Crippen LogP contribution >= 0.6 is 0 Å². The van der Waals surface area contributed by atoms with Gasteiger partial charge in [0.05, 0.1) is 6.61 Å². The van der Waals surface area contributed by atoms with Crippen molar-refractivity contribution in [3.63, 3.8) is 0 Å². The van der Waals surface area contributed by atoms with Crippen molar-refractivity contribution in [2.45, 2.75) is 69.8 Å². The molecule has 1 amide bonds. The molecule has 0 aliphatic heterocycles. The lowest BCUT2D eigenvalue weighted by Crippen LogP contribution is -2.51. The second kappa shape index (κ2) is 11.9. The van der Waals surface area contributed by atoms with Gasteiger partial charge >= 0.3 is 0 Å². The summed E-state index contributed by atoms with van der Waals surface area (Å²) < 4.78 is 7.00. The van der Waals surface area contributed by atoms with Crippen LogP contribution in [0.5, 0.6) is 0 Å². The summed E-state index contributed by atoms with van der Waals surface area (Å²) in [4.78, 5) is 11.6. The van der Waals surface area contributed by atoms with Crippen molar-refractivity contribution in [2.24, 2.45) is 0 Å². The van der Waals surface area contributed by atoms with E-state index in [1.807, 2.05) is 0 Å². The summed E-state index contributed by atoms with van der Waals surface area (Å²) in [5.74, 6) is -0.828.